The SMILES string of the molecule is CCCCCC/C=C(\B(OC)C1CCCCC1)C1CCCCC1. The number of rotatable bonds is 9. The molecule has 0 aromatic heterocycles. The van der Waals surface area contributed by atoms with E-state index >= 15 is 0 Å². The molecule has 0 saturated heterocycles. The minimum atomic E-state index is 0.421. The lowest BCUT2D eigenvalue weighted by Gasteiger charge is -2.33. The minimum Gasteiger partial charge on any atom is -0.433 e. The average molecular weight is 318 g/mol. The van der Waals surface area contributed by atoms with Crippen LogP contribution >= 0.6 is 0 Å². The van der Waals surface area contributed by atoms with Gasteiger partial charge in [-0.15, -0.1) is 0 Å². The molecule has 132 valence electrons. The molecule has 1 nitrogen and oxygen atoms in total. The number of hydrogen-bond donors (Lipinski definition) is 0. The quantitative estimate of drug-likeness (QED) is 0.329. The van der Waals surface area contributed by atoms with Crippen molar-refractivity contribution in [2.24, 2.45) is 5.92 Å². The molecule has 0 spiro atoms. The lowest BCUT2D eigenvalue weighted by atomic mass is 9.44. The molecule has 0 atom stereocenters. The zero-order valence-corrected chi connectivity index (χ0v) is 15.8. The van der Waals surface area contributed by atoms with E-state index in [4.69, 9.17) is 4.65 Å². The minimum absolute atomic E-state index is 0.421. The van der Waals surface area contributed by atoms with E-state index in [0.29, 0.717) is 6.92 Å². The second-order valence-electron chi connectivity index (χ2n) is 7.94. The van der Waals surface area contributed by atoms with Crippen LogP contribution < -0.4 is 0 Å². The molecule has 0 heterocycles. The molecule has 2 heteroatoms. The Hall–Kier alpha value is -0.235. The van der Waals surface area contributed by atoms with E-state index < -0.39 is 0 Å². The van der Waals surface area contributed by atoms with Crippen molar-refractivity contribution in [2.45, 2.75) is 109 Å². The predicted molar refractivity (Wildman–Crippen MR) is 103 cm³/mol. The molecule has 2 rings (SSSR count). The third-order valence-electron chi connectivity index (χ3n) is 6.17. The summed E-state index contributed by atoms with van der Waals surface area (Å²) in [6, 6.07) is 0. The van der Waals surface area contributed by atoms with Crippen LogP contribution in [0.1, 0.15) is 103 Å². The summed E-state index contributed by atoms with van der Waals surface area (Å²) in [5, 5.41) is 0. The van der Waals surface area contributed by atoms with Gasteiger partial charge in [-0.05, 0) is 37.4 Å². The van der Waals surface area contributed by atoms with Gasteiger partial charge in [0, 0.05) is 7.11 Å². The zero-order valence-electron chi connectivity index (χ0n) is 15.8. The molecule has 0 unspecified atom stereocenters. The number of unbranched alkanes of at least 4 members (excludes halogenated alkanes) is 4. The van der Waals surface area contributed by atoms with Gasteiger partial charge < -0.3 is 4.65 Å². The fourth-order valence-corrected chi connectivity index (χ4v) is 4.83. The third kappa shape index (κ3) is 6.29. The van der Waals surface area contributed by atoms with E-state index in [1.54, 1.807) is 5.47 Å². The van der Waals surface area contributed by atoms with E-state index in [1.807, 2.05) is 7.11 Å². The summed E-state index contributed by atoms with van der Waals surface area (Å²) >= 11 is 0. The fraction of sp³-hybridized carbons (Fsp3) is 0.905. The smallest absolute Gasteiger partial charge is 0.325 e. The average Bonchev–Trinajstić information content (AvgIpc) is 2.62. The van der Waals surface area contributed by atoms with Crippen LogP contribution in [0.4, 0.5) is 0 Å². The Bertz CT molecular complexity index is 327. The predicted octanol–water partition coefficient (Wildman–Crippen LogP) is 6.97. The highest BCUT2D eigenvalue weighted by molar-refractivity contribution is 6.62. The van der Waals surface area contributed by atoms with E-state index in [9.17, 15) is 0 Å². The summed E-state index contributed by atoms with van der Waals surface area (Å²) in [7, 11) is 1.97. The molecule has 0 aliphatic heterocycles. The van der Waals surface area contributed by atoms with Crippen LogP contribution in [0.5, 0.6) is 0 Å². The molecule has 0 amide bonds. The van der Waals surface area contributed by atoms with Crippen LogP contribution in [-0.4, -0.2) is 14.0 Å². The molecule has 0 N–H and O–H groups in total. The van der Waals surface area contributed by atoms with Crippen LogP contribution in [0.3, 0.4) is 0 Å². The standard InChI is InChI=1S/C21H39BO/c1-3-4-5-6-13-18-21(19-14-9-7-10-15-19)22(23-2)20-16-11-8-12-17-20/h18-20H,3-17H2,1-2H3/b21-18-. The highest BCUT2D eigenvalue weighted by Gasteiger charge is 2.35. The highest BCUT2D eigenvalue weighted by Crippen LogP contribution is 2.39. The summed E-state index contributed by atoms with van der Waals surface area (Å²) in [6.07, 6.45) is 23.6. The van der Waals surface area contributed by atoms with Crippen LogP contribution in [0.2, 0.25) is 5.82 Å². The topological polar surface area (TPSA) is 9.23 Å². The van der Waals surface area contributed by atoms with Crippen LogP contribution in [0, 0.1) is 5.92 Å². The van der Waals surface area contributed by atoms with Gasteiger partial charge in [-0.3, -0.25) is 0 Å². The fourth-order valence-electron chi connectivity index (χ4n) is 4.83. The molecular weight excluding hydrogens is 279 g/mol. The van der Waals surface area contributed by atoms with E-state index in [-0.39, 0.29) is 0 Å². The van der Waals surface area contributed by atoms with Crippen LogP contribution in [0.15, 0.2) is 11.5 Å². The van der Waals surface area contributed by atoms with Gasteiger partial charge in [0.2, 0.25) is 0 Å². The maximum absolute atomic E-state index is 6.12. The van der Waals surface area contributed by atoms with Gasteiger partial charge in [-0.25, -0.2) is 0 Å². The Balaban J connectivity index is 2.01. The molecule has 0 aromatic carbocycles. The Morgan fingerprint density at radius 2 is 1.57 bits per heavy atom. The molecule has 0 radical (unpaired) electrons. The molecule has 0 aromatic rings. The Labute approximate surface area is 145 Å². The first-order valence-corrected chi connectivity index (χ1v) is 10.6. The summed E-state index contributed by atoms with van der Waals surface area (Å²) in [4.78, 5) is 0. The lowest BCUT2D eigenvalue weighted by molar-refractivity contribution is 0.362. The molecule has 2 fully saturated rings. The normalized spacial score (nSPS) is 21.6. The Morgan fingerprint density at radius 1 is 0.913 bits per heavy atom. The van der Waals surface area contributed by atoms with Crippen LogP contribution in [0.25, 0.3) is 0 Å². The van der Waals surface area contributed by atoms with E-state index in [2.05, 4.69) is 13.0 Å². The zero-order chi connectivity index (χ0) is 16.3. The molecule has 2 aliphatic carbocycles. The van der Waals surface area contributed by atoms with Gasteiger partial charge in [-0.1, -0.05) is 89.1 Å². The van der Waals surface area contributed by atoms with Crippen molar-refractivity contribution in [3.63, 3.8) is 0 Å². The van der Waals surface area contributed by atoms with Gasteiger partial charge in [-0.2, -0.15) is 0 Å². The summed E-state index contributed by atoms with van der Waals surface area (Å²) in [5.41, 5.74) is 1.70. The summed E-state index contributed by atoms with van der Waals surface area (Å²) < 4.78 is 6.12. The summed E-state index contributed by atoms with van der Waals surface area (Å²) in [5.74, 6) is 1.61. The maximum atomic E-state index is 6.12. The molecule has 2 saturated carbocycles. The molecular formula is C21H39BO. The van der Waals surface area contributed by atoms with Crippen molar-refractivity contribution in [1.29, 1.82) is 0 Å². The number of hydrogen-bond acceptors (Lipinski definition) is 1. The Kier molecular flexibility index (Phi) is 9.42. The maximum Gasteiger partial charge on any atom is 0.325 e. The number of allylic oxidation sites excluding steroid dienone is 2. The van der Waals surface area contributed by atoms with Gasteiger partial charge in [0.1, 0.15) is 0 Å². The van der Waals surface area contributed by atoms with E-state index in [0.717, 1.165) is 11.7 Å². The second-order valence-corrected chi connectivity index (χ2v) is 7.94. The van der Waals surface area contributed by atoms with Gasteiger partial charge >= 0.3 is 6.92 Å². The van der Waals surface area contributed by atoms with Gasteiger partial charge in [0.05, 0.1) is 0 Å². The van der Waals surface area contributed by atoms with Crippen molar-refractivity contribution in [1.82, 2.24) is 0 Å². The summed E-state index contributed by atoms with van der Waals surface area (Å²) in [6.45, 7) is 2.72. The first kappa shape index (κ1) is 19.1. The molecule has 23 heavy (non-hydrogen) atoms. The first-order valence-electron chi connectivity index (χ1n) is 10.6. The van der Waals surface area contributed by atoms with Crippen molar-refractivity contribution in [3.8, 4) is 0 Å². The third-order valence-corrected chi connectivity index (χ3v) is 6.17. The van der Waals surface area contributed by atoms with Gasteiger partial charge in [0.15, 0.2) is 0 Å². The van der Waals surface area contributed by atoms with Crippen molar-refractivity contribution < 1.29 is 4.65 Å². The van der Waals surface area contributed by atoms with Gasteiger partial charge in [0.25, 0.3) is 0 Å². The van der Waals surface area contributed by atoms with Crippen LogP contribution in [-0.2, 0) is 4.65 Å². The van der Waals surface area contributed by atoms with Crippen molar-refractivity contribution in [2.75, 3.05) is 7.11 Å². The molecule has 0 bridgehead atoms. The molecule has 2 aliphatic rings. The monoisotopic (exact) mass is 318 g/mol. The second kappa shape index (κ2) is 11.3. The first-order chi connectivity index (χ1) is 11.4. The van der Waals surface area contributed by atoms with Crippen molar-refractivity contribution >= 4 is 6.92 Å². The van der Waals surface area contributed by atoms with E-state index in [1.165, 1.54) is 96.3 Å². The van der Waals surface area contributed by atoms with Crippen molar-refractivity contribution in [3.05, 3.63) is 11.5 Å². The largest absolute Gasteiger partial charge is 0.433 e. The highest BCUT2D eigenvalue weighted by atomic mass is 16.4. The Morgan fingerprint density at radius 3 is 2.17 bits per heavy atom. The lowest BCUT2D eigenvalue weighted by Crippen LogP contribution is -2.32.